The Bertz CT molecular complexity index is 2210. The quantitative estimate of drug-likeness (QED) is 0.205. The van der Waals surface area contributed by atoms with Crippen molar-refractivity contribution in [3.8, 4) is 22.3 Å². The van der Waals surface area contributed by atoms with Gasteiger partial charge in [-0.3, -0.25) is 0 Å². The van der Waals surface area contributed by atoms with Crippen LogP contribution in [0.5, 0.6) is 0 Å². The first-order valence-electron chi connectivity index (χ1n) is 14.3. The van der Waals surface area contributed by atoms with Crippen LogP contribution >= 0.6 is 11.3 Å². The maximum Gasteiger partial charge on any atom is 0.0540 e. The number of benzene rings is 7. The highest BCUT2D eigenvalue weighted by Crippen LogP contribution is 2.43. The molecule has 0 bridgehead atoms. The lowest BCUT2D eigenvalue weighted by Crippen LogP contribution is -2.11. The highest BCUT2D eigenvalue weighted by atomic mass is 32.1. The van der Waals surface area contributed by atoms with Crippen LogP contribution < -0.4 is 4.90 Å². The van der Waals surface area contributed by atoms with Crippen LogP contribution in [0, 0.1) is 0 Å². The fourth-order valence-corrected chi connectivity index (χ4v) is 7.09. The predicted molar refractivity (Wildman–Crippen MR) is 182 cm³/mol. The van der Waals surface area contributed by atoms with E-state index in [1.165, 1.54) is 53.2 Å². The number of nitrogens with zero attached hydrogens (tertiary/aromatic N) is 1. The maximum atomic E-state index is 2.38. The maximum absolute atomic E-state index is 2.38. The van der Waals surface area contributed by atoms with Gasteiger partial charge in [-0.25, -0.2) is 0 Å². The Balaban J connectivity index is 1.30. The first kappa shape index (κ1) is 24.6. The van der Waals surface area contributed by atoms with Gasteiger partial charge in [0.2, 0.25) is 0 Å². The van der Waals surface area contributed by atoms with Crippen LogP contribution in [0.25, 0.3) is 53.2 Å². The Kier molecular flexibility index (Phi) is 6.05. The summed E-state index contributed by atoms with van der Waals surface area (Å²) in [5, 5.41) is 5.14. The first-order chi connectivity index (χ1) is 20.8. The van der Waals surface area contributed by atoms with Gasteiger partial charge in [0.25, 0.3) is 0 Å². The number of fused-ring (bicyclic) bond motifs is 4. The molecule has 0 amide bonds. The zero-order valence-corrected chi connectivity index (χ0v) is 23.8. The van der Waals surface area contributed by atoms with Crippen LogP contribution in [0.4, 0.5) is 17.1 Å². The molecular weight excluding hydrogens is 527 g/mol. The second-order valence-corrected chi connectivity index (χ2v) is 11.7. The molecule has 0 aliphatic rings. The Morgan fingerprint density at radius 3 is 2.00 bits per heavy atom. The van der Waals surface area contributed by atoms with Crippen molar-refractivity contribution < 1.29 is 0 Å². The summed E-state index contributed by atoms with van der Waals surface area (Å²) in [7, 11) is 0. The van der Waals surface area contributed by atoms with E-state index in [9.17, 15) is 0 Å². The van der Waals surface area contributed by atoms with Gasteiger partial charge in [0.1, 0.15) is 0 Å². The second-order valence-electron chi connectivity index (χ2n) is 10.6. The standard InChI is InChI=1S/C40H27NS/c1-2-14-33(15-3-1)41(34-16-10-13-30(26-34)31-22-21-28-11-4-5-12-29(28)25-31)38-19-8-6-17-35(38)32-23-24-40-37(27-32)36-18-7-9-20-39(36)42-40/h1-27H. The molecule has 0 radical (unpaired) electrons. The molecule has 0 saturated carbocycles. The van der Waals surface area contributed by atoms with Gasteiger partial charge in [-0.1, -0.05) is 109 Å². The Labute approximate surface area is 249 Å². The Hall–Kier alpha value is -5.18. The fourth-order valence-electron chi connectivity index (χ4n) is 6.00. The highest BCUT2D eigenvalue weighted by Gasteiger charge is 2.18. The topological polar surface area (TPSA) is 3.24 Å². The van der Waals surface area contributed by atoms with Crippen molar-refractivity contribution in [1.29, 1.82) is 0 Å². The third kappa shape index (κ3) is 4.34. The van der Waals surface area contributed by atoms with Crippen LogP contribution in [0.1, 0.15) is 0 Å². The van der Waals surface area contributed by atoms with Gasteiger partial charge in [0, 0.05) is 37.1 Å². The zero-order valence-electron chi connectivity index (χ0n) is 22.9. The fraction of sp³-hybridized carbons (Fsp3) is 0. The average Bonchev–Trinajstić information content (AvgIpc) is 3.44. The number of thiophene rings is 1. The van der Waals surface area contributed by atoms with Crippen molar-refractivity contribution >= 4 is 59.3 Å². The Morgan fingerprint density at radius 1 is 0.381 bits per heavy atom. The number of rotatable bonds is 5. The van der Waals surface area contributed by atoms with Gasteiger partial charge >= 0.3 is 0 Å². The average molecular weight is 554 g/mol. The second kappa shape index (κ2) is 10.3. The largest absolute Gasteiger partial charge is 0.310 e. The summed E-state index contributed by atoms with van der Waals surface area (Å²) in [6, 6.07) is 59.2. The molecule has 1 aromatic heterocycles. The summed E-state index contributed by atoms with van der Waals surface area (Å²) in [5.74, 6) is 0. The lowest BCUT2D eigenvalue weighted by atomic mass is 9.98. The molecule has 198 valence electrons. The van der Waals surface area contributed by atoms with E-state index in [0.29, 0.717) is 0 Å². The van der Waals surface area contributed by atoms with Crippen LogP contribution in [0.2, 0.25) is 0 Å². The summed E-state index contributed by atoms with van der Waals surface area (Å²) in [6.45, 7) is 0. The summed E-state index contributed by atoms with van der Waals surface area (Å²) in [5.41, 5.74) is 8.24. The van der Waals surface area contributed by atoms with Crippen molar-refractivity contribution in [2.75, 3.05) is 4.90 Å². The molecule has 1 nitrogen and oxygen atoms in total. The molecule has 0 saturated heterocycles. The first-order valence-corrected chi connectivity index (χ1v) is 15.1. The van der Waals surface area contributed by atoms with Crippen LogP contribution in [-0.4, -0.2) is 0 Å². The molecule has 0 unspecified atom stereocenters. The molecule has 8 rings (SSSR count). The number of anilines is 3. The van der Waals surface area contributed by atoms with Crippen molar-refractivity contribution in [3.63, 3.8) is 0 Å². The minimum atomic E-state index is 1.13. The molecule has 8 aromatic rings. The van der Waals surface area contributed by atoms with Crippen molar-refractivity contribution in [2.24, 2.45) is 0 Å². The summed E-state index contributed by atoms with van der Waals surface area (Å²) < 4.78 is 2.65. The summed E-state index contributed by atoms with van der Waals surface area (Å²) in [6.07, 6.45) is 0. The molecular formula is C40H27NS. The van der Waals surface area contributed by atoms with Gasteiger partial charge in [-0.2, -0.15) is 0 Å². The highest BCUT2D eigenvalue weighted by molar-refractivity contribution is 7.25. The normalized spacial score (nSPS) is 11.3. The van der Waals surface area contributed by atoms with Gasteiger partial charge < -0.3 is 4.90 Å². The van der Waals surface area contributed by atoms with E-state index in [2.05, 4.69) is 169 Å². The molecule has 2 heteroatoms. The number of para-hydroxylation sites is 2. The van der Waals surface area contributed by atoms with E-state index in [0.717, 1.165) is 17.1 Å². The van der Waals surface area contributed by atoms with Crippen LogP contribution in [-0.2, 0) is 0 Å². The summed E-state index contributed by atoms with van der Waals surface area (Å²) in [4.78, 5) is 2.38. The molecule has 0 aliphatic heterocycles. The van der Waals surface area contributed by atoms with Gasteiger partial charge in [-0.05, 0) is 82.1 Å². The van der Waals surface area contributed by atoms with Gasteiger partial charge in [0.05, 0.1) is 5.69 Å². The lowest BCUT2D eigenvalue weighted by Gasteiger charge is -2.28. The van der Waals surface area contributed by atoms with Crippen molar-refractivity contribution in [2.45, 2.75) is 0 Å². The predicted octanol–water partition coefficient (Wildman–Crippen LogP) is 12.0. The van der Waals surface area contributed by atoms with Crippen LogP contribution in [0.3, 0.4) is 0 Å². The van der Waals surface area contributed by atoms with E-state index in [1.54, 1.807) is 0 Å². The molecule has 0 spiro atoms. The third-order valence-corrected chi connectivity index (χ3v) is 9.19. The molecule has 42 heavy (non-hydrogen) atoms. The molecule has 7 aromatic carbocycles. The smallest absolute Gasteiger partial charge is 0.0540 e. The van der Waals surface area contributed by atoms with E-state index >= 15 is 0 Å². The third-order valence-electron chi connectivity index (χ3n) is 8.03. The van der Waals surface area contributed by atoms with E-state index in [1.807, 2.05) is 11.3 Å². The monoisotopic (exact) mass is 553 g/mol. The summed E-state index contributed by atoms with van der Waals surface area (Å²) >= 11 is 1.86. The lowest BCUT2D eigenvalue weighted by molar-refractivity contribution is 1.28. The molecule has 0 atom stereocenters. The SMILES string of the molecule is c1ccc(N(c2cccc(-c3ccc4ccccc4c3)c2)c2ccccc2-c2ccc3sc4ccccc4c3c2)cc1. The minimum Gasteiger partial charge on any atom is -0.310 e. The van der Waals surface area contributed by atoms with Crippen molar-refractivity contribution in [1.82, 2.24) is 0 Å². The van der Waals surface area contributed by atoms with E-state index < -0.39 is 0 Å². The Morgan fingerprint density at radius 2 is 1.07 bits per heavy atom. The minimum absolute atomic E-state index is 1.13. The van der Waals surface area contributed by atoms with Crippen molar-refractivity contribution in [3.05, 3.63) is 164 Å². The molecule has 0 aliphatic carbocycles. The zero-order chi connectivity index (χ0) is 27.9. The van der Waals surface area contributed by atoms with E-state index in [4.69, 9.17) is 0 Å². The van der Waals surface area contributed by atoms with Gasteiger partial charge in [-0.15, -0.1) is 11.3 Å². The molecule has 0 N–H and O–H groups in total. The number of hydrogen-bond donors (Lipinski definition) is 0. The van der Waals surface area contributed by atoms with E-state index in [-0.39, 0.29) is 0 Å². The number of hydrogen-bond acceptors (Lipinski definition) is 2. The molecule has 0 fully saturated rings. The molecule has 1 heterocycles. The van der Waals surface area contributed by atoms with Crippen LogP contribution in [0.15, 0.2) is 164 Å². The van der Waals surface area contributed by atoms with Gasteiger partial charge in [0.15, 0.2) is 0 Å².